The van der Waals surface area contributed by atoms with E-state index in [0.29, 0.717) is 12.8 Å². The van der Waals surface area contributed by atoms with Crippen LogP contribution in [0.4, 0.5) is 0 Å². The number of hydrogen-bond donors (Lipinski definition) is 4. The van der Waals surface area contributed by atoms with Crippen LogP contribution in [0.5, 0.6) is 0 Å². The smallest absolute Gasteiger partial charge is 0.249 e. The van der Waals surface area contributed by atoms with E-state index in [9.17, 15) is 20.1 Å². The van der Waals surface area contributed by atoms with Crippen molar-refractivity contribution in [1.82, 2.24) is 5.32 Å². The standard InChI is InChI=1S/C59H117NO4/c1-3-5-7-9-11-13-15-17-19-21-23-25-26-27-28-29-30-31-32-33-34-36-38-40-42-44-46-48-50-52-54-58(63)59(64)60-56(55-61)57(62)53-51-49-47-45-43-41-39-37-35-24-22-20-18-16-14-12-10-8-6-4-2/h27-28,56-58,61-63H,3-26,29-55H2,1-2H3,(H,60,64)/b28-27-. The molecule has 0 aliphatic rings. The SMILES string of the molecule is CCCCCCCCCCCCCC/C=C\CCCCCCCCCCCCCCCCC(O)C(=O)NC(CO)C(O)CCCCCCCCCCCCCCCCCCCCCC. The maximum atomic E-state index is 12.6. The van der Waals surface area contributed by atoms with Gasteiger partial charge < -0.3 is 20.6 Å². The summed E-state index contributed by atoms with van der Waals surface area (Å²) in [5, 5.41) is 33.6. The van der Waals surface area contributed by atoms with Gasteiger partial charge in [-0.25, -0.2) is 0 Å². The Morgan fingerprint density at radius 3 is 0.859 bits per heavy atom. The molecule has 0 spiro atoms. The van der Waals surface area contributed by atoms with E-state index in [1.807, 2.05) is 0 Å². The number of rotatable bonds is 55. The highest BCUT2D eigenvalue weighted by Gasteiger charge is 2.23. The van der Waals surface area contributed by atoms with Gasteiger partial charge in [-0.1, -0.05) is 309 Å². The summed E-state index contributed by atoms with van der Waals surface area (Å²) in [7, 11) is 0. The number of aliphatic hydroxyl groups excluding tert-OH is 3. The van der Waals surface area contributed by atoms with Crippen molar-refractivity contribution in [3.63, 3.8) is 0 Å². The maximum absolute atomic E-state index is 12.6. The van der Waals surface area contributed by atoms with E-state index in [-0.39, 0.29) is 6.61 Å². The van der Waals surface area contributed by atoms with E-state index in [0.717, 1.165) is 32.1 Å². The van der Waals surface area contributed by atoms with Gasteiger partial charge in [-0.05, 0) is 38.5 Å². The number of hydrogen-bond acceptors (Lipinski definition) is 4. The van der Waals surface area contributed by atoms with Crippen LogP contribution in [0.15, 0.2) is 12.2 Å². The number of aliphatic hydroxyl groups is 3. The summed E-state index contributed by atoms with van der Waals surface area (Å²) >= 11 is 0. The number of amides is 1. The monoisotopic (exact) mass is 904 g/mol. The number of carbonyl (C=O) groups excluding carboxylic acids is 1. The van der Waals surface area contributed by atoms with Gasteiger partial charge in [-0.2, -0.15) is 0 Å². The lowest BCUT2D eigenvalue weighted by Gasteiger charge is -2.23. The van der Waals surface area contributed by atoms with Gasteiger partial charge in [0.05, 0.1) is 18.8 Å². The van der Waals surface area contributed by atoms with Gasteiger partial charge in [0, 0.05) is 0 Å². The second kappa shape index (κ2) is 54.7. The van der Waals surface area contributed by atoms with Gasteiger partial charge in [0.25, 0.3) is 0 Å². The number of unbranched alkanes of at least 4 members (excludes halogenated alkanes) is 45. The van der Waals surface area contributed by atoms with Crippen LogP contribution in [-0.2, 0) is 4.79 Å². The van der Waals surface area contributed by atoms with Crippen LogP contribution in [0.3, 0.4) is 0 Å². The average molecular weight is 905 g/mol. The first-order chi connectivity index (χ1) is 31.6. The summed E-state index contributed by atoms with van der Waals surface area (Å²) in [4.78, 5) is 12.6. The number of nitrogens with one attached hydrogen (secondary N) is 1. The Labute approximate surface area is 401 Å². The van der Waals surface area contributed by atoms with Crippen molar-refractivity contribution < 1.29 is 20.1 Å². The van der Waals surface area contributed by atoms with Crippen LogP contribution in [0.1, 0.15) is 335 Å². The van der Waals surface area contributed by atoms with Crippen molar-refractivity contribution in [2.45, 2.75) is 353 Å². The van der Waals surface area contributed by atoms with Gasteiger partial charge in [-0.3, -0.25) is 4.79 Å². The fourth-order valence-electron chi connectivity index (χ4n) is 9.54. The molecule has 382 valence electrons. The van der Waals surface area contributed by atoms with Crippen molar-refractivity contribution in [3.05, 3.63) is 12.2 Å². The third-order valence-electron chi connectivity index (χ3n) is 14.1. The molecule has 5 heteroatoms. The van der Waals surface area contributed by atoms with Crippen molar-refractivity contribution in [2.75, 3.05) is 6.61 Å². The molecule has 1 amide bonds. The van der Waals surface area contributed by atoms with E-state index in [4.69, 9.17) is 0 Å². The van der Waals surface area contributed by atoms with E-state index >= 15 is 0 Å². The Balaban J connectivity index is 3.49. The molecule has 64 heavy (non-hydrogen) atoms. The highest BCUT2D eigenvalue weighted by Crippen LogP contribution is 2.18. The van der Waals surface area contributed by atoms with Crippen molar-refractivity contribution >= 4 is 5.91 Å². The zero-order chi connectivity index (χ0) is 46.5. The Morgan fingerprint density at radius 2 is 0.594 bits per heavy atom. The molecule has 0 aliphatic carbocycles. The highest BCUT2D eigenvalue weighted by molar-refractivity contribution is 5.80. The van der Waals surface area contributed by atoms with Crippen molar-refractivity contribution in [1.29, 1.82) is 0 Å². The zero-order valence-corrected chi connectivity index (χ0v) is 43.7. The minimum atomic E-state index is -1.07. The van der Waals surface area contributed by atoms with Gasteiger partial charge in [0.1, 0.15) is 6.10 Å². The summed E-state index contributed by atoms with van der Waals surface area (Å²) in [6.45, 7) is 4.28. The second-order valence-corrected chi connectivity index (χ2v) is 20.6. The average Bonchev–Trinajstić information content (AvgIpc) is 3.30. The molecule has 0 rings (SSSR count). The van der Waals surface area contributed by atoms with E-state index < -0.39 is 24.2 Å². The molecule has 0 aromatic carbocycles. The molecule has 0 saturated heterocycles. The largest absolute Gasteiger partial charge is 0.394 e. The van der Waals surface area contributed by atoms with Crippen molar-refractivity contribution in [3.8, 4) is 0 Å². The number of allylic oxidation sites excluding steroid dienone is 2. The molecule has 3 unspecified atom stereocenters. The van der Waals surface area contributed by atoms with Gasteiger partial charge in [0.15, 0.2) is 0 Å². The molecule has 5 nitrogen and oxygen atoms in total. The van der Waals surface area contributed by atoms with E-state index in [2.05, 4.69) is 31.3 Å². The van der Waals surface area contributed by atoms with Gasteiger partial charge in [0.2, 0.25) is 5.91 Å². The lowest BCUT2D eigenvalue weighted by Crippen LogP contribution is -2.49. The summed E-state index contributed by atoms with van der Waals surface area (Å²) in [6, 6.07) is -0.710. The Morgan fingerprint density at radius 1 is 0.359 bits per heavy atom. The first kappa shape index (κ1) is 63.1. The summed E-state index contributed by atoms with van der Waals surface area (Å²) in [5.41, 5.74) is 0. The summed E-state index contributed by atoms with van der Waals surface area (Å²) < 4.78 is 0. The lowest BCUT2D eigenvalue weighted by atomic mass is 10.0. The fourth-order valence-corrected chi connectivity index (χ4v) is 9.54. The van der Waals surface area contributed by atoms with Crippen LogP contribution < -0.4 is 5.32 Å². The number of carbonyl (C=O) groups is 1. The molecule has 3 atom stereocenters. The molecule has 0 saturated carbocycles. The topological polar surface area (TPSA) is 89.8 Å². The molecular formula is C59H117NO4. The quantitative estimate of drug-likeness (QED) is 0.0362. The molecule has 0 aromatic rings. The van der Waals surface area contributed by atoms with Crippen molar-refractivity contribution in [2.24, 2.45) is 0 Å². The zero-order valence-electron chi connectivity index (χ0n) is 43.7. The normalized spacial score (nSPS) is 13.3. The van der Waals surface area contributed by atoms with Crippen LogP contribution in [0.2, 0.25) is 0 Å². The molecule has 0 aromatic heterocycles. The predicted molar refractivity (Wildman–Crippen MR) is 282 cm³/mol. The molecule has 4 N–H and O–H groups in total. The fraction of sp³-hybridized carbons (Fsp3) is 0.949. The highest BCUT2D eigenvalue weighted by atomic mass is 16.3. The Bertz CT molecular complexity index is 909. The third-order valence-corrected chi connectivity index (χ3v) is 14.1. The first-order valence-electron chi connectivity index (χ1n) is 29.5. The molecule has 0 radical (unpaired) electrons. The molecule has 0 aliphatic heterocycles. The molecular weight excluding hydrogens is 787 g/mol. The Hall–Kier alpha value is -0.910. The van der Waals surface area contributed by atoms with E-state index in [1.54, 1.807) is 0 Å². The van der Waals surface area contributed by atoms with E-state index in [1.165, 1.54) is 276 Å². The molecule has 0 fully saturated rings. The molecule has 0 heterocycles. The van der Waals surface area contributed by atoms with Crippen LogP contribution in [0, 0.1) is 0 Å². The summed E-state index contributed by atoms with van der Waals surface area (Å²) in [5.74, 6) is -0.464. The minimum absolute atomic E-state index is 0.309. The first-order valence-corrected chi connectivity index (χ1v) is 29.5. The van der Waals surface area contributed by atoms with Crippen LogP contribution in [0.25, 0.3) is 0 Å². The van der Waals surface area contributed by atoms with Crippen LogP contribution >= 0.6 is 0 Å². The predicted octanol–water partition coefficient (Wildman–Crippen LogP) is 18.3. The third kappa shape index (κ3) is 49.0. The molecule has 0 bridgehead atoms. The van der Waals surface area contributed by atoms with Gasteiger partial charge in [-0.15, -0.1) is 0 Å². The summed E-state index contributed by atoms with van der Waals surface area (Å²) in [6.07, 6.45) is 68.4. The Kier molecular flexibility index (Phi) is 53.9. The lowest BCUT2D eigenvalue weighted by molar-refractivity contribution is -0.131. The van der Waals surface area contributed by atoms with Crippen LogP contribution in [-0.4, -0.2) is 46.1 Å². The minimum Gasteiger partial charge on any atom is -0.394 e. The maximum Gasteiger partial charge on any atom is 0.249 e. The second-order valence-electron chi connectivity index (χ2n) is 20.6. The van der Waals surface area contributed by atoms with Gasteiger partial charge >= 0.3 is 0 Å².